The lowest BCUT2D eigenvalue weighted by Crippen LogP contribution is -1.63. The third kappa shape index (κ3) is 8.90. The van der Waals surface area contributed by atoms with E-state index >= 15 is 0 Å². The molecule has 0 fully saturated rings. The summed E-state index contributed by atoms with van der Waals surface area (Å²) in [4.78, 5) is 0. The van der Waals surface area contributed by atoms with Crippen molar-refractivity contribution in [3.05, 3.63) is 0 Å². The van der Waals surface area contributed by atoms with Crippen LogP contribution >= 0.6 is 0 Å². The van der Waals surface area contributed by atoms with Crippen LogP contribution in [0.5, 0.6) is 0 Å². The fraction of sp³-hybridized carbons (Fsp3) is 1.00. The Labute approximate surface area is 42.5 Å². The first-order valence-electron chi connectivity index (χ1n) is 2.41. The van der Waals surface area contributed by atoms with Crippen molar-refractivity contribution in [1.82, 2.24) is 0 Å². The summed E-state index contributed by atoms with van der Waals surface area (Å²) >= 11 is 0. The van der Waals surface area contributed by atoms with E-state index in [2.05, 4.69) is 6.92 Å². The molecule has 0 amide bonds. The summed E-state index contributed by atoms with van der Waals surface area (Å²) in [5, 5.41) is 0. The molecule has 0 aliphatic carbocycles. The average molecular weight is 106 g/mol. The maximum Gasteiger partial charge on any atom is 0.00279 e. The van der Waals surface area contributed by atoms with Crippen molar-refractivity contribution >= 4 is 10.2 Å². The molecule has 0 radical (unpaired) electrons. The lowest BCUT2D eigenvalue weighted by atomic mass is 10.4. The summed E-state index contributed by atoms with van der Waals surface area (Å²) in [6.45, 7) is 2.23. The summed E-state index contributed by atoms with van der Waals surface area (Å²) in [6.07, 6.45) is 2.83. The molecule has 0 aliphatic heterocycles. The van der Waals surface area contributed by atoms with E-state index in [1.807, 2.05) is 0 Å². The monoisotopic (exact) mass is 106 g/mol. The van der Waals surface area contributed by atoms with Crippen LogP contribution < -0.4 is 0 Å². The lowest BCUT2D eigenvalue weighted by Gasteiger charge is -1.79. The van der Waals surface area contributed by atoms with Crippen LogP contribution in [0.15, 0.2) is 0 Å². The van der Waals surface area contributed by atoms with Gasteiger partial charge in [0.15, 0.2) is 0 Å². The minimum atomic E-state index is 0. The Morgan fingerprint density at radius 2 is 2.00 bits per heavy atom. The van der Waals surface area contributed by atoms with Gasteiger partial charge in [0.2, 0.25) is 0 Å². The van der Waals surface area contributed by atoms with Gasteiger partial charge in [0.1, 0.15) is 0 Å². The van der Waals surface area contributed by atoms with Crippen LogP contribution in [0.1, 0.15) is 19.8 Å². The van der Waals surface area contributed by atoms with Crippen molar-refractivity contribution in [2.24, 2.45) is 0 Å². The van der Waals surface area contributed by atoms with Crippen molar-refractivity contribution in [3.8, 4) is 0 Å². The smallest absolute Gasteiger partial charge is 0.00279 e. The van der Waals surface area contributed by atoms with E-state index in [4.69, 9.17) is 0 Å². The molecule has 6 heavy (non-hydrogen) atoms. The van der Waals surface area contributed by atoms with Crippen LogP contribution in [0.3, 0.4) is 0 Å². The van der Waals surface area contributed by atoms with Crippen LogP contribution in [-0.2, 0) is 0 Å². The molecule has 0 saturated carbocycles. The molecule has 0 unspecified atom stereocenters. The third-order valence-corrected chi connectivity index (χ3v) is 1.41. The fourth-order valence-corrected chi connectivity index (χ4v) is 1.06. The highest BCUT2D eigenvalue weighted by molar-refractivity contribution is 6.08. The van der Waals surface area contributed by atoms with Gasteiger partial charge in [0.25, 0.3) is 0 Å². The van der Waals surface area contributed by atoms with E-state index in [1.54, 1.807) is 0 Å². The normalized spacial score (nSPS) is 7.50. The molecule has 0 aromatic carbocycles. The van der Waals surface area contributed by atoms with Crippen molar-refractivity contribution in [1.29, 1.82) is 0 Å². The molecule has 1 nitrogen and oxygen atoms in total. The Morgan fingerprint density at radius 1 is 1.50 bits per heavy atom. The minimum Gasteiger partial charge on any atom is -0.412 e. The van der Waals surface area contributed by atoms with Crippen LogP contribution in [0.25, 0.3) is 0 Å². The topological polar surface area (TPSA) is 31.5 Å². The molecular formula is C4H14OSi. The van der Waals surface area contributed by atoms with Crippen LogP contribution in [0.4, 0.5) is 0 Å². The summed E-state index contributed by atoms with van der Waals surface area (Å²) in [5.74, 6) is 0. The van der Waals surface area contributed by atoms with Gasteiger partial charge in [-0.05, 0) is 0 Å². The molecule has 0 spiro atoms. The number of rotatable bonds is 2. The van der Waals surface area contributed by atoms with E-state index in [0.29, 0.717) is 0 Å². The van der Waals surface area contributed by atoms with Gasteiger partial charge >= 0.3 is 0 Å². The van der Waals surface area contributed by atoms with Crippen molar-refractivity contribution in [2.45, 2.75) is 25.8 Å². The largest absolute Gasteiger partial charge is 0.412 e. The Morgan fingerprint density at radius 3 is 2.00 bits per heavy atom. The van der Waals surface area contributed by atoms with Gasteiger partial charge in [-0.2, -0.15) is 0 Å². The summed E-state index contributed by atoms with van der Waals surface area (Å²) in [6, 6.07) is 1.48. The average Bonchev–Trinajstić information content (AvgIpc) is 1.41. The quantitative estimate of drug-likeness (QED) is 0.435. The fourth-order valence-electron chi connectivity index (χ4n) is 0.354. The second-order valence-electron chi connectivity index (χ2n) is 1.35. The maximum atomic E-state index is 2.23. The van der Waals surface area contributed by atoms with Gasteiger partial charge in [0.05, 0.1) is 0 Å². The van der Waals surface area contributed by atoms with E-state index in [-0.39, 0.29) is 5.48 Å². The Bertz CT molecular complexity index is 15.0. The minimum absolute atomic E-state index is 0. The third-order valence-electron chi connectivity index (χ3n) is 0.707. The molecule has 0 aromatic heterocycles. The van der Waals surface area contributed by atoms with E-state index in [9.17, 15) is 0 Å². The first-order chi connectivity index (χ1) is 2.41. The van der Waals surface area contributed by atoms with Gasteiger partial charge in [-0.15, -0.1) is 0 Å². The first-order valence-corrected chi connectivity index (χ1v) is 3.83. The van der Waals surface area contributed by atoms with Gasteiger partial charge in [-0.25, -0.2) is 0 Å². The van der Waals surface area contributed by atoms with Crippen molar-refractivity contribution < 1.29 is 5.48 Å². The van der Waals surface area contributed by atoms with Crippen molar-refractivity contribution in [3.63, 3.8) is 0 Å². The van der Waals surface area contributed by atoms with E-state index in [1.165, 1.54) is 29.1 Å². The Balaban J connectivity index is 0. The predicted molar refractivity (Wildman–Crippen MR) is 33.3 cm³/mol. The van der Waals surface area contributed by atoms with Gasteiger partial charge in [-0.1, -0.05) is 25.8 Å². The second kappa shape index (κ2) is 8.95. The van der Waals surface area contributed by atoms with Crippen LogP contribution in [0, 0.1) is 0 Å². The van der Waals surface area contributed by atoms with Gasteiger partial charge in [0, 0.05) is 10.2 Å². The number of unbranched alkanes of at least 4 members (excludes halogenated alkanes) is 1. The van der Waals surface area contributed by atoms with E-state index < -0.39 is 0 Å². The lowest BCUT2D eigenvalue weighted by molar-refractivity contribution is 0.824. The molecule has 0 rings (SSSR count). The highest BCUT2D eigenvalue weighted by Crippen LogP contribution is 1.86. The molecule has 0 aliphatic rings. The summed E-state index contributed by atoms with van der Waals surface area (Å²) in [5.41, 5.74) is 0. The molecule has 2 heteroatoms. The number of hydrogen-bond acceptors (Lipinski definition) is 0. The summed E-state index contributed by atoms with van der Waals surface area (Å²) in [7, 11) is 1.40. The molecular weight excluding hydrogens is 92.1 g/mol. The Kier molecular flexibility index (Phi) is 14.2. The molecule has 0 aromatic rings. The van der Waals surface area contributed by atoms with Gasteiger partial charge < -0.3 is 5.48 Å². The van der Waals surface area contributed by atoms with Gasteiger partial charge in [-0.3, -0.25) is 0 Å². The first kappa shape index (κ1) is 9.49. The zero-order chi connectivity index (χ0) is 4.12. The zero-order valence-electron chi connectivity index (χ0n) is 4.62. The SMILES string of the molecule is CCCC[SiH3].O. The highest BCUT2D eigenvalue weighted by Gasteiger charge is 1.68. The summed E-state index contributed by atoms with van der Waals surface area (Å²) < 4.78 is 0. The second-order valence-corrected chi connectivity index (χ2v) is 2.35. The molecule has 0 saturated heterocycles. The zero-order valence-corrected chi connectivity index (χ0v) is 6.62. The van der Waals surface area contributed by atoms with Crippen molar-refractivity contribution in [2.75, 3.05) is 0 Å². The molecule has 2 N–H and O–H groups in total. The molecule has 0 bridgehead atoms. The predicted octanol–water partition coefficient (Wildman–Crippen LogP) is -0.255. The molecule has 0 atom stereocenters. The highest BCUT2D eigenvalue weighted by atomic mass is 28.1. The standard InChI is InChI=1S/C4H12Si.H2O/c1-2-3-4-5;/h2-4H2,1,5H3;1H2. The Hall–Kier alpha value is 0.177. The van der Waals surface area contributed by atoms with Crippen LogP contribution in [0.2, 0.25) is 6.04 Å². The van der Waals surface area contributed by atoms with Crippen LogP contribution in [-0.4, -0.2) is 15.7 Å². The maximum absolute atomic E-state index is 2.23. The van der Waals surface area contributed by atoms with E-state index in [0.717, 1.165) is 0 Å². The molecule has 40 valence electrons. The molecule has 0 heterocycles. The number of hydrogen-bond donors (Lipinski definition) is 0.